The first-order chi connectivity index (χ1) is 24.8. The Morgan fingerprint density at radius 1 is 1.21 bits per heavy atom. The van der Waals surface area contributed by atoms with Crippen LogP contribution in [0.25, 0.3) is 27.7 Å². The van der Waals surface area contributed by atoms with Crippen LogP contribution in [0.3, 0.4) is 0 Å². The summed E-state index contributed by atoms with van der Waals surface area (Å²) in [4.78, 5) is 54.3. The van der Waals surface area contributed by atoms with Crippen molar-refractivity contribution in [2.45, 2.75) is 74.3 Å². The molecule has 2 N–H and O–H groups in total. The molecule has 0 radical (unpaired) electrons. The molecule has 2 saturated carbocycles. The second-order valence-electron chi connectivity index (χ2n) is 14.2. The van der Waals surface area contributed by atoms with Crippen LogP contribution in [-0.4, -0.2) is 95.7 Å². The van der Waals surface area contributed by atoms with Gasteiger partial charge in [-0.25, -0.2) is 23.2 Å². The summed E-state index contributed by atoms with van der Waals surface area (Å²) in [6, 6.07) is 3.72. The third kappa shape index (κ3) is 6.62. The third-order valence-corrected chi connectivity index (χ3v) is 14.0. The van der Waals surface area contributed by atoms with E-state index < -0.39 is 50.3 Å². The lowest BCUT2D eigenvalue weighted by molar-refractivity contribution is -0.134. The van der Waals surface area contributed by atoms with Crippen molar-refractivity contribution in [1.82, 2.24) is 29.8 Å². The van der Waals surface area contributed by atoms with E-state index in [1.807, 2.05) is 17.5 Å². The SMILES string of the molecule is C=Cc1csc(-c2cc(O[C@H]3C[C@H]4C(=O)N(C)CCCC/C=C/[C@@H]5C[C@@]5(C(=O)NS(=O)(=O)C5(C)CC5)NC(=O)N4C3)c3ccc(OC)c(Cl)c3n2)n1. The van der Waals surface area contributed by atoms with E-state index in [0.29, 0.717) is 63.2 Å². The molecule has 2 aromatic heterocycles. The van der Waals surface area contributed by atoms with Crippen LogP contribution in [0.5, 0.6) is 11.5 Å². The van der Waals surface area contributed by atoms with Gasteiger partial charge in [0.1, 0.15) is 44.9 Å². The highest BCUT2D eigenvalue weighted by Gasteiger charge is 2.63. The molecule has 0 unspecified atom stereocenters. The van der Waals surface area contributed by atoms with Gasteiger partial charge in [0.25, 0.3) is 5.91 Å². The Labute approximate surface area is 311 Å². The van der Waals surface area contributed by atoms with Gasteiger partial charge in [-0.2, -0.15) is 0 Å². The number of hydrogen-bond acceptors (Lipinski definition) is 10. The van der Waals surface area contributed by atoms with E-state index >= 15 is 0 Å². The molecule has 52 heavy (non-hydrogen) atoms. The lowest BCUT2D eigenvalue weighted by atomic mass is 10.1. The molecule has 13 nitrogen and oxygen atoms in total. The molecule has 7 rings (SSSR count). The minimum atomic E-state index is -3.95. The molecule has 0 bridgehead atoms. The number of benzene rings is 1. The zero-order valence-corrected chi connectivity index (χ0v) is 31.6. The minimum absolute atomic E-state index is 0.0194. The number of halogens is 1. The molecule has 1 aromatic carbocycles. The second kappa shape index (κ2) is 13.6. The first-order valence-electron chi connectivity index (χ1n) is 17.3. The summed E-state index contributed by atoms with van der Waals surface area (Å²) in [5.74, 6) is -0.560. The average Bonchev–Trinajstić information content (AvgIpc) is 3.90. The number of carbonyl (C=O) groups is 3. The maximum absolute atomic E-state index is 14.2. The molecule has 2 aliphatic heterocycles. The van der Waals surface area contributed by atoms with Crippen molar-refractivity contribution in [3.05, 3.63) is 53.0 Å². The first kappa shape index (κ1) is 36.2. The molecule has 4 atom stereocenters. The first-order valence-corrected chi connectivity index (χ1v) is 20.0. The molecular weight excluding hydrogens is 728 g/mol. The highest BCUT2D eigenvalue weighted by molar-refractivity contribution is 7.91. The van der Waals surface area contributed by atoms with E-state index in [2.05, 4.69) is 21.6 Å². The second-order valence-corrected chi connectivity index (χ2v) is 17.6. The van der Waals surface area contributed by atoms with E-state index in [0.717, 1.165) is 19.3 Å². The fraction of sp³-hybridized carbons (Fsp3) is 0.472. The van der Waals surface area contributed by atoms with Gasteiger partial charge in [0.15, 0.2) is 0 Å². The number of sulfonamides is 1. The molecule has 3 aromatic rings. The number of allylic oxidation sites excluding steroid dienone is 1. The molecule has 0 spiro atoms. The average molecular weight is 769 g/mol. The van der Waals surface area contributed by atoms with Crippen LogP contribution in [0, 0.1) is 5.92 Å². The summed E-state index contributed by atoms with van der Waals surface area (Å²) in [5.41, 5.74) is 0.166. The van der Waals surface area contributed by atoms with E-state index in [4.69, 9.17) is 26.1 Å². The Hall–Kier alpha value is -4.21. The number of ether oxygens (including phenoxy) is 2. The van der Waals surface area contributed by atoms with E-state index in [1.54, 1.807) is 43.1 Å². The van der Waals surface area contributed by atoms with Gasteiger partial charge < -0.3 is 24.6 Å². The summed E-state index contributed by atoms with van der Waals surface area (Å²) < 4.78 is 39.5. The predicted molar refractivity (Wildman–Crippen MR) is 199 cm³/mol. The fourth-order valence-corrected chi connectivity index (χ4v) is 9.21. The Balaban J connectivity index is 1.21. The number of rotatable bonds is 8. The zero-order valence-electron chi connectivity index (χ0n) is 29.2. The van der Waals surface area contributed by atoms with Crippen molar-refractivity contribution in [2.75, 3.05) is 27.2 Å². The van der Waals surface area contributed by atoms with Crippen LogP contribution < -0.4 is 19.5 Å². The normalized spacial score (nSPS) is 26.4. The molecular formula is C36H41ClN6O7S2. The number of amides is 4. The van der Waals surface area contributed by atoms with Gasteiger partial charge in [0, 0.05) is 42.8 Å². The van der Waals surface area contributed by atoms with Crippen LogP contribution in [0.15, 0.2) is 42.3 Å². The topological polar surface area (TPSA) is 160 Å². The van der Waals surface area contributed by atoms with Gasteiger partial charge in [-0.3, -0.25) is 14.3 Å². The highest BCUT2D eigenvalue weighted by Crippen LogP contribution is 2.48. The van der Waals surface area contributed by atoms with E-state index in [-0.39, 0.29) is 25.3 Å². The Morgan fingerprint density at radius 3 is 2.71 bits per heavy atom. The number of carbonyl (C=O) groups excluding carboxylic acids is 3. The quantitative estimate of drug-likeness (QED) is 0.296. The summed E-state index contributed by atoms with van der Waals surface area (Å²) in [7, 11) is -0.720. The molecule has 4 aliphatic rings. The van der Waals surface area contributed by atoms with Crippen LogP contribution in [0.2, 0.25) is 5.02 Å². The zero-order chi connectivity index (χ0) is 37.0. The van der Waals surface area contributed by atoms with Crippen molar-refractivity contribution < 1.29 is 32.3 Å². The summed E-state index contributed by atoms with van der Waals surface area (Å²) in [5, 5.41) is 6.25. The molecule has 1 saturated heterocycles. The number of methoxy groups -OCH3 is 1. The maximum Gasteiger partial charge on any atom is 0.319 e. The molecule has 4 amide bonds. The lowest BCUT2D eigenvalue weighted by Gasteiger charge is -2.30. The van der Waals surface area contributed by atoms with Crippen molar-refractivity contribution in [3.8, 4) is 22.2 Å². The van der Waals surface area contributed by atoms with Crippen LogP contribution in [0.1, 0.15) is 57.6 Å². The number of urea groups is 1. The third-order valence-electron chi connectivity index (χ3n) is 10.6. The number of pyridine rings is 1. The number of aromatic nitrogens is 2. The van der Waals surface area contributed by atoms with Gasteiger partial charge in [0.2, 0.25) is 15.9 Å². The highest BCUT2D eigenvalue weighted by atomic mass is 35.5. The van der Waals surface area contributed by atoms with Crippen LogP contribution in [0.4, 0.5) is 4.79 Å². The summed E-state index contributed by atoms with van der Waals surface area (Å²) >= 11 is 8.14. The Bertz CT molecular complexity index is 2100. The minimum Gasteiger partial charge on any atom is -0.495 e. The fourth-order valence-electron chi connectivity index (χ4n) is 6.85. The summed E-state index contributed by atoms with van der Waals surface area (Å²) in [6.45, 7) is 5.93. The molecule has 2 aliphatic carbocycles. The van der Waals surface area contributed by atoms with Crippen molar-refractivity contribution >= 4 is 67.8 Å². The van der Waals surface area contributed by atoms with Crippen molar-refractivity contribution in [2.24, 2.45) is 5.92 Å². The van der Waals surface area contributed by atoms with Crippen LogP contribution >= 0.6 is 22.9 Å². The molecule has 16 heteroatoms. The smallest absolute Gasteiger partial charge is 0.319 e. The molecule has 3 fully saturated rings. The largest absolute Gasteiger partial charge is 0.495 e. The number of nitrogens with one attached hydrogen (secondary N) is 2. The number of nitrogens with zero attached hydrogens (tertiary/aromatic N) is 4. The Morgan fingerprint density at radius 2 is 2.00 bits per heavy atom. The van der Waals surface area contributed by atoms with Crippen molar-refractivity contribution in [1.29, 1.82) is 0 Å². The van der Waals surface area contributed by atoms with Gasteiger partial charge in [-0.1, -0.05) is 30.3 Å². The predicted octanol–water partition coefficient (Wildman–Crippen LogP) is 5.15. The number of fused-ring (bicyclic) bond motifs is 3. The van der Waals surface area contributed by atoms with E-state index in [9.17, 15) is 22.8 Å². The van der Waals surface area contributed by atoms with Gasteiger partial charge >= 0.3 is 6.03 Å². The Kier molecular flexibility index (Phi) is 9.49. The lowest BCUT2D eigenvalue weighted by Crippen LogP contribution is -2.58. The molecule has 4 heterocycles. The van der Waals surface area contributed by atoms with Gasteiger partial charge in [-0.15, -0.1) is 11.3 Å². The number of thiazole rings is 1. The number of hydrogen-bond donors (Lipinski definition) is 2. The van der Waals surface area contributed by atoms with Crippen molar-refractivity contribution in [3.63, 3.8) is 0 Å². The standard InChI is InChI=1S/C36H41ClN6O7S2/c1-5-22-20-51-31(38-22)25-17-28(24-11-12-27(49-4)29(37)30(24)39-25)50-23-16-26-32(44)42(3)15-9-7-6-8-10-21-18-36(21,40-34(46)43(26)19-23)33(45)41-52(47,48)35(2)13-14-35/h5,8,10-12,17,20-21,23,26H,1,6-7,9,13-16,18-19H2,2-4H3,(H,40,46)(H,41,45)/b10-8+/t21-,23+,26+,36-/m1/s1. The number of likely N-dealkylation sites (N-methyl/N-ethyl adjacent to an activating group) is 1. The van der Waals surface area contributed by atoms with Crippen LogP contribution in [-0.2, 0) is 19.6 Å². The maximum atomic E-state index is 14.2. The van der Waals surface area contributed by atoms with Gasteiger partial charge in [-0.05, 0) is 63.7 Å². The summed E-state index contributed by atoms with van der Waals surface area (Å²) in [6.07, 6.45) is 8.45. The van der Waals surface area contributed by atoms with E-state index in [1.165, 1.54) is 23.3 Å². The molecule has 276 valence electrons. The monoisotopic (exact) mass is 768 g/mol. The van der Waals surface area contributed by atoms with Gasteiger partial charge in [0.05, 0.1) is 29.6 Å².